The van der Waals surface area contributed by atoms with E-state index in [0.29, 0.717) is 30.3 Å². The van der Waals surface area contributed by atoms with Crippen molar-refractivity contribution < 1.29 is 9.53 Å². The minimum absolute atomic E-state index is 0.0625. The summed E-state index contributed by atoms with van der Waals surface area (Å²) in [4.78, 5) is 22.5. The van der Waals surface area contributed by atoms with Crippen LogP contribution in [0.5, 0.6) is 5.75 Å². The summed E-state index contributed by atoms with van der Waals surface area (Å²) in [5.41, 5.74) is 3.24. The monoisotopic (exact) mass is 455 g/mol. The van der Waals surface area contributed by atoms with E-state index in [4.69, 9.17) is 21.3 Å². The number of carbonyl (C=O) groups excluding carboxylic acids is 1. The smallest absolute Gasteiger partial charge is 0.254 e. The molecule has 0 saturated carbocycles. The highest BCUT2D eigenvalue weighted by molar-refractivity contribution is 6.30. The molecule has 0 unspecified atom stereocenters. The number of amides is 1. The van der Waals surface area contributed by atoms with Crippen LogP contribution in [-0.2, 0) is 7.05 Å². The highest BCUT2D eigenvalue weighted by Gasteiger charge is 2.26. The zero-order valence-corrected chi connectivity index (χ0v) is 19.9. The van der Waals surface area contributed by atoms with Crippen molar-refractivity contribution in [3.63, 3.8) is 0 Å². The maximum atomic E-state index is 13.5. The molecule has 7 nitrogen and oxygen atoms in total. The van der Waals surface area contributed by atoms with Crippen molar-refractivity contribution >= 4 is 28.5 Å². The van der Waals surface area contributed by atoms with E-state index in [2.05, 4.69) is 23.8 Å². The third-order valence-corrected chi connectivity index (χ3v) is 6.21. The highest BCUT2D eigenvalue weighted by atomic mass is 35.5. The summed E-state index contributed by atoms with van der Waals surface area (Å²) in [5, 5.41) is 6.07. The van der Waals surface area contributed by atoms with Crippen LogP contribution in [0.4, 0.5) is 0 Å². The van der Waals surface area contributed by atoms with E-state index in [1.54, 1.807) is 4.68 Å². The maximum Gasteiger partial charge on any atom is 0.254 e. The minimum Gasteiger partial charge on any atom is -0.492 e. The zero-order chi connectivity index (χ0) is 22.8. The number of aromatic nitrogens is 3. The lowest BCUT2D eigenvalue weighted by molar-refractivity contribution is 0.0622. The van der Waals surface area contributed by atoms with Crippen molar-refractivity contribution in [2.45, 2.75) is 26.7 Å². The molecule has 3 aromatic rings. The van der Waals surface area contributed by atoms with E-state index >= 15 is 0 Å². The molecule has 0 N–H and O–H groups in total. The summed E-state index contributed by atoms with van der Waals surface area (Å²) in [6.07, 6.45) is 0. The molecule has 3 heterocycles. The van der Waals surface area contributed by atoms with Crippen molar-refractivity contribution in [2.24, 2.45) is 7.05 Å². The van der Waals surface area contributed by atoms with Crippen LogP contribution < -0.4 is 4.74 Å². The first-order chi connectivity index (χ1) is 15.3. The van der Waals surface area contributed by atoms with Crippen molar-refractivity contribution in [3.05, 3.63) is 52.3 Å². The number of benzene rings is 1. The zero-order valence-electron chi connectivity index (χ0n) is 19.1. The Morgan fingerprint density at radius 1 is 1.16 bits per heavy atom. The number of halogens is 1. The molecule has 1 aromatic carbocycles. The normalized spacial score (nSPS) is 15.0. The van der Waals surface area contributed by atoms with Gasteiger partial charge in [0, 0.05) is 50.5 Å². The van der Waals surface area contributed by atoms with Gasteiger partial charge in [-0.15, -0.1) is 0 Å². The summed E-state index contributed by atoms with van der Waals surface area (Å²) in [7, 11) is 1.88. The first-order valence-corrected chi connectivity index (χ1v) is 11.5. The van der Waals surface area contributed by atoms with Gasteiger partial charge >= 0.3 is 0 Å². The molecule has 2 aromatic heterocycles. The van der Waals surface area contributed by atoms with E-state index in [1.165, 1.54) is 0 Å². The number of fused-ring (bicyclic) bond motifs is 1. The number of carbonyl (C=O) groups is 1. The average Bonchev–Trinajstić information content (AvgIpc) is 3.08. The standard InChI is InChI=1S/C24H30ClN5O2/c1-16(2)21-15-20(22-17(3)27-28(4)23(22)26-21)24(31)30-11-9-29(10-12-30)13-14-32-19-7-5-18(25)6-8-19/h5-8,15-16H,9-14H2,1-4H3. The average molecular weight is 456 g/mol. The molecule has 32 heavy (non-hydrogen) atoms. The first-order valence-electron chi connectivity index (χ1n) is 11.1. The van der Waals surface area contributed by atoms with Gasteiger partial charge in [0.1, 0.15) is 12.4 Å². The summed E-state index contributed by atoms with van der Waals surface area (Å²) in [6.45, 7) is 10.6. The Balaban J connectivity index is 1.40. The van der Waals surface area contributed by atoms with Crippen LogP contribution in [0.15, 0.2) is 30.3 Å². The van der Waals surface area contributed by atoms with Gasteiger partial charge in [0.25, 0.3) is 5.91 Å². The summed E-state index contributed by atoms with van der Waals surface area (Å²) < 4.78 is 7.58. The SMILES string of the molecule is Cc1nn(C)c2nc(C(C)C)cc(C(=O)N3CCN(CCOc4ccc(Cl)cc4)CC3)c12. The molecule has 0 atom stereocenters. The fraction of sp³-hybridized carbons (Fsp3) is 0.458. The number of piperazine rings is 1. The third-order valence-electron chi connectivity index (χ3n) is 5.96. The van der Waals surface area contributed by atoms with Gasteiger partial charge < -0.3 is 9.64 Å². The molecule has 1 aliphatic rings. The molecule has 1 saturated heterocycles. The van der Waals surface area contributed by atoms with E-state index in [0.717, 1.165) is 47.8 Å². The Hall–Kier alpha value is -2.64. The van der Waals surface area contributed by atoms with E-state index in [-0.39, 0.29) is 11.8 Å². The Bertz CT molecular complexity index is 1100. The second kappa shape index (κ2) is 9.46. The second-order valence-corrected chi connectivity index (χ2v) is 9.03. The number of hydrogen-bond acceptors (Lipinski definition) is 5. The van der Waals surface area contributed by atoms with Gasteiger partial charge in [-0.05, 0) is 43.2 Å². The number of ether oxygens (including phenoxy) is 1. The molecule has 0 spiro atoms. The molecule has 4 rings (SSSR count). The molecule has 170 valence electrons. The Morgan fingerprint density at radius 2 is 1.84 bits per heavy atom. The summed E-state index contributed by atoms with van der Waals surface area (Å²) >= 11 is 5.91. The largest absolute Gasteiger partial charge is 0.492 e. The number of nitrogens with zero attached hydrogens (tertiary/aromatic N) is 5. The van der Waals surface area contributed by atoms with Gasteiger partial charge in [-0.2, -0.15) is 5.10 Å². The van der Waals surface area contributed by atoms with Crippen molar-refractivity contribution in [1.82, 2.24) is 24.6 Å². The van der Waals surface area contributed by atoms with Gasteiger partial charge in [-0.1, -0.05) is 25.4 Å². The fourth-order valence-corrected chi connectivity index (χ4v) is 4.22. The Kier molecular flexibility index (Phi) is 6.67. The van der Waals surface area contributed by atoms with Crippen molar-refractivity contribution in [1.29, 1.82) is 0 Å². The summed E-state index contributed by atoms with van der Waals surface area (Å²) in [5.74, 6) is 1.11. The van der Waals surface area contributed by atoms with Crippen LogP contribution in [-0.4, -0.2) is 69.8 Å². The Labute approximate surface area is 193 Å². The van der Waals surface area contributed by atoms with Crippen LogP contribution in [0.3, 0.4) is 0 Å². The topological polar surface area (TPSA) is 63.5 Å². The number of rotatable bonds is 6. The summed E-state index contributed by atoms with van der Waals surface area (Å²) in [6, 6.07) is 9.36. The molecule has 1 aliphatic heterocycles. The van der Waals surface area contributed by atoms with Crippen molar-refractivity contribution in [2.75, 3.05) is 39.3 Å². The lowest BCUT2D eigenvalue weighted by atomic mass is 10.0. The predicted molar refractivity (Wildman–Crippen MR) is 127 cm³/mol. The third kappa shape index (κ3) is 4.74. The van der Waals surface area contributed by atoms with Crippen LogP contribution in [0.25, 0.3) is 11.0 Å². The first kappa shape index (κ1) is 22.6. The Morgan fingerprint density at radius 3 is 2.50 bits per heavy atom. The molecule has 1 fully saturated rings. The van der Waals surface area contributed by atoms with Gasteiger partial charge in [0.15, 0.2) is 5.65 Å². The molecular weight excluding hydrogens is 426 g/mol. The number of hydrogen-bond donors (Lipinski definition) is 0. The van der Waals surface area contributed by atoms with Crippen molar-refractivity contribution in [3.8, 4) is 5.75 Å². The van der Waals surface area contributed by atoms with Crippen LogP contribution in [0.1, 0.15) is 41.5 Å². The maximum absolute atomic E-state index is 13.5. The highest BCUT2D eigenvalue weighted by Crippen LogP contribution is 2.26. The molecular formula is C24H30ClN5O2. The molecule has 0 aliphatic carbocycles. The second-order valence-electron chi connectivity index (χ2n) is 8.59. The molecule has 0 bridgehead atoms. The van der Waals surface area contributed by atoms with E-state index in [1.807, 2.05) is 49.2 Å². The van der Waals surface area contributed by atoms with Crippen LogP contribution in [0, 0.1) is 6.92 Å². The lowest BCUT2D eigenvalue weighted by Gasteiger charge is -2.34. The van der Waals surface area contributed by atoms with E-state index in [9.17, 15) is 4.79 Å². The number of pyridine rings is 1. The fourth-order valence-electron chi connectivity index (χ4n) is 4.10. The van der Waals surface area contributed by atoms with Crippen LogP contribution >= 0.6 is 11.6 Å². The lowest BCUT2D eigenvalue weighted by Crippen LogP contribution is -2.49. The van der Waals surface area contributed by atoms with Gasteiger partial charge in [0.2, 0.25) is 0 Å². The molecule has 1 amide bonds. The predicted octanol–water partition coefficient (Wildman–Crippen LogP) is 3.89. The van der Waals surface area contributed by atoms with Gasteiger partial charge in [-0.3, -0.25) is 14.4 Å². The molecule has 8 heteroatoms. The van der Waals surface area contributed by atoms with Crippen LogP contribution in [0.2, 0.25) is 5.02 Å². The van der Waals surface area contributed by atoms with Gasteiger partial charge in [-0.25, -0.2) is 4.98 Å². The number of aryl methyl sites for hydroxylation is 2. The minimum atomic E-state index is 0.0625. The molecule has 0 radical (unpaired) electrons. The van der Waals surface area contributed by atoms with E-state index < -0.39 is 0 Å². The quantitative estimate of drug-likeness (QED) is 0.564. The van der Waals surface area contributed by atoms with Gasteiger partial charge in [0.05, 0.1) is 16.6 Å².